The molecule has 1 aliphatic carbocycles. The van der Waals surface area contributed by atoms with E-state index in [4.69, 9.17) is 22.7 Å². The maximum atomic E-state index is 12.3. The average molecular weight is 466 g/mol. The van der Waals surface area contributed by atoms with E-state index < -0.39 is 0 Å². The molecule has 2 heterocycles. The number of carbonyl (C=O) groups excluding carboxylic acids is 1. The van der Waals surface area contributed by atoms with Crippen molar-refractivity contribution in [3.8, 4) is 0 Å². The fourth-order valence-electron chi connectivity index (χ4n) is 4.00. The number of carbonyl (C=O) groups is 1. The summed E-state index contributed by atoms with van der Waals surface area (Å²) in [7, 11) is 0. The summed E-state index contributed by atoms with van der Waals surface area (Å²) in [6, 6.07) is 12.1. The Labute approximate surface area is 196 Å². The van der Waals surface area contributed by atoms with Gasteiger partial charge in [-0.05, 0) is 77.6 Å². The number of hydrogen-bond acceptors (Lipinski definition) is 6. The quantitative estimate of drug-likeness (QED) is 0.433. The molecule has 0 radical (unpaired) electrons. The van der Waals surface area contributed by atoms with Gasteiger partial charge in [-0.15, -0.1) is 0 Å². The van der Waals surface area contributed by atoms with Crippen LogP contribution in [-0.4, -0.2) is 41.3 Å². The van der Waals surface area contributed by atoms with Crippen molar-refractivity contribution in [3.63, 3.8) is 0 Å². The molecule has 164 valence electrons. The zero-order valence-corrected chi connectivity index (χ0v) is 19.0. The number of thioether (sulfide) groups is 1. The first-order valence-corrected chi connectivity index (χ1v) is 11.9. The van der Waals surface area contributed by atoms with Crippen molar-refractivity contribution in [1.82, 2.24) is 4.90 Å². The predicted octanol–water partition coefficient (Wildman–Crippen LogP) is 4.44. The minimum atomic E-state index is -0.223. The molecule has 6 nitrogen and oxygen atoms in total. The highest BCUT2D eigenvalue weighted by Gasteiger charge is 2.32. The molecule has 0 atom stereocenters. The summed E-state index contributed by atoms with van der Waals surface area (Å²) in [6.07, 6.45) is 5.61. The molecule has 4 N–H and O–H groups in total. The molecule has 2 aromatic rings. The van der Waals surface area contributed by atoms with Gasteiger partial charge in [-0.1, -0.05) is 23.7 Å². The number of aliphatic imine (C=N–C) groups is 1. The molecule has 2 aromatic carbocycles. The summed E-state index contributed by atoms with van der Waals surface area (Å²) < 4.78 is 0. The minimum Gasteiger partial charge on any atom is -0.380 e. The molecule has 0 unspecified atom stereocenters. The van der Waals surface area contributed by atoms with Crippen molar-refractivity contribution < 1.29 is 4.79 Å². The van der Waals surface area contributed by atoms with Gasteiger partial charge in [0.15, 0.2) is 5.17 Å². The molecule has 0 aromatic heterocycles. The normalized spacial score (nSPS) is 19.8. The number of hydrogen-bond donors (Lipinski definition) is 3. The highest BCUT2D eigenvalue weighted by Crippen LogP contribution is 2.42. The van der Waals surface area contributed by atoms with E-state index in [1.54, 1.807) is 0 Å². The number of benzene rings is 2. The van der Waals surface area contributed by atoms with E-state index in [1.807, 2.05) is 35.2 Å². The Hall–Kier alpha value is -2.61. The van der Waals surface area contributed by atoms with Crippen LogP contribution in [0.25, 0.3) is 6.08 Å². The number of halogens is 1. The average Bonchev–Trinajstić information content (AvgIpc) is 3.55. The highest BCUT2D eigenvalue weighted by molar-refractivity contribution is 8.18. The third-order valence-electron chi connectivity index (χ3n) is 5.91. The molecule has 0 bridgehead atoms. The molecule has 3 aliphatic rings. The van der Waals surface area contributed by atoms with Crippen LogP contribution in [0, 0.1) is 5.41 Å². The van der Waals surface area contributed by atoms with Crippen molar-refractivity contribution in [2.45, 2.75) is 31.3 Å². The minimum absolute atomic E-state index is 0.157. The van der Waals surface area contributed by atoms with Gasteiger partial charge in [0.1, 0.15) is 0 Å². The van der Waals surface area contributed by atoms with Gasteiger partial charge in [-0.25, -0.2) is 0 Å². The summed E-state index contributed by atoms with van der Waals surface area (Å²) >= 11 is 7.58. The molecule has 0 spiro atoms. The third-order valence-corrected chi connectivity index (χ3v) is 7.19. The largest absolute Gasteiger partial charge is 0.380 e. The molecule has 1 amide bonds. The number of amidine groups is 1. The van der Waals surface area contributed by atoms with Gasteiger partial charge in [0.25, 0.3) is 5.91 Å². The predicted molar refractivity (Wildman–Crippen MR) is 133 cm³/mol. The summed E-state index contributed by atoms with van der Waals surface area (Å²) in [5, 5.41) is 12.8. The molecule has 2 aliphatic heterocycles. The van der Waals surface area contributed by atoms with Gasteiger partial charge in [0.2, 0.25) is 0 Å². The fraction of sp³-hybridized carbons (Fsp3) is 0.292. The van der Waals surface area contributed by atoms with Crippen LogP contribution in [0.5, 0.6) is 0 Å². The zero-order chi connectivity index (χ0) is 22.2. The number of likely N-dealkylation sites (tertiary alicyclic amines) is 1. The second kappa shape index (κ2) is 8.73. The molecule has 8 heteroatoms. The van der Waals surface area contributed by atoms with Crippen LogP contribution in [-0.2, 0) is 11.3 Å². The summed E-state index contributed by atoms with van der Waals surface area (Å²) in [6.45, 7) is 2.15. The van der Waals surface area contributed by atoms with E-state index in [9.17, 15) is 4.79 Å². The lowest BCUT2D eigenvalue weighted by Crippen LogP contribution is -2.56. The number of nitrogens with one attached hydrogen (secondary N) is 2. The van der Waals surface area contributed by atoms with Crippen molar-refractivity contribution in [1.29, 1.82) is 5.41 Å². The molecule has 2 fully saturated rings. The van der Waals surface area contributed by atoms with Gasteiger partial charge >= 0.3 is 0 Å². The van der Waals surface area contributed by atoms with Crippen LogP contribution in [0.2, 0.25) is 5.02 Å². The van der Waals surface area contributed by atoms with Crippen LogP contribution in [0.15, 0.2) is 46.3 Å². The summed E-state index contributed by atoms with van der Waals surface area (Å²) in [4.78, 5) is 19.1. The lowest BCUT2D eigenvalue weighted by molar-refractivity contribution is -0.113. The van der Waals surface area contributed by atoms with Gasteiger partial charge < -0.3 is 21.4 Å². The van der Waals surface area contributed by atoms with Crippen molar-refractivity contribution in [2.75, 3.05) is 18.4 Å². The Kier molecular flexibility index (Phi) is 5.80. The molecule has 5 rings (SSSR count). The first-order valence-electron chi connectivity index (χ1n) is 10.7. The Morgan fingerprint density at radius 3 is 2.78 bits per heavy atom. The lowest BCUT2D eigenvalue weighted by atomic mass is 10.0. The van der Waals surface area contributed by atoms with Crippen LogP contribution < -0.4 is 11.1 Å². The molecular formula is C24H24ClN5OS. The maximum absolute atomic E-state index is 12.3. The van der Waals surface area contributed by atoms with E-state index in [0.717, 1.165) is 40.1 Å². The second-order valence-corrected chi connectivity index (χ2v) is 9.88. The molecule has 1 saturated carbocycles. The first kappa shape index (κ1) is 21.2. The lowest BCUT2D eigenvalue weighted by Gasteiger charge is -2.37. The van der Waals surface area contributed by atoms with E-state index >= 15 is 0 Å². The topological polar surface area (TPSA) is 94.6 Å². The van der Waals surface area contributed by atoms with Crippen molar-refractivity contribution in [3.05, 3.63) is 68.6 Å². The Bertz CT molecular complexity index is 1150. The van der Waals surface area contributed by atoms with Gasteiger partial charge in [-0.3, -0.25) is 4.79 Å². The Morgan fingerprint density at radius 1 is 1.25 bits per heavy atom. The number of amides is 1. The third kappa shape index (κ3) is 4.46. The number of rotatable bonds is 6. The van der Waals surface area contributed by atoms with Crippen molar-refractivity contribution >= 4 is 52.4 Å². The second-order valence-electron chi connectivity index (χ2n) is 8.44. The van der Waals surface area contributed by atoms with Crippen LogP contribution in [0.3, 0.4) is 0 Å². The standard InChI is InChI=1S/C24H24ClN5OS/c25-18-5-4-16(20(9-18)15-2-3-15)11-28-21-6-1-14(7-17(21)10-26)8-22-23(31)29-24(32-22)30-12-19(27)13-30/h1,4-10,15,19,26,28H,2-3,11-13,27H2/b22-8-,26-10?. The van der Waals surface area contributed by atoms with Crippen LogP contribution >= 0.6 is 23.4 Å². The SMILES string of the molecule is N=Cc1cc(/C=C2\SC(N3CC(N)C3)=NC2=O)ccc1NCc1ccc(Cl)cc1C1CC1. The maximum Gasteiger partial charge on any atom is 0.286 e. The smallest absolute Gasteiger partial charge is 0.286 e. The first-order chi connectivity index (χ1) is 15.5. The fourth-order valence-corrected chi connectivity index (χ4v) is 5.11. The Morgan fingerprint density at radius 2 is 2.06 bits per heavy atom. The van der Waals surface area contributed by atoms with E-state index in [2.05, 4.69) is 22.4 Å². The number of nitrogens with two attached hydrogens (primary N) is 1. The molecule has 1 saturated heterocycles. The summed E-state index contributed by atoms with van der Waals surface area (Å²) in [5.41, 5.74) is 10.9. The van der Waals surface area contributed by atoms with Crippen LogP contribution in [0.4, 0.5) is 5.69 Å². The highest BCUT2D eigenvalue weighted by atomic mass is 35.5. The number of anilines is 1. The van der Waals surface area contributed by atoms with Gasteiger partial charge in [-0.2, -0.15) is 4.99 Å². The number of nitrogens with zero attached hydrogens (tertiary/aromatic N) is 2. The van der Waals surface area contributed by atoms with Gasteiger partial charge in [0.05, 0.1) is 4.91 Å². The van der Waals surface area contributed by atoms with E-state index in [1.165, 1.54) is 41.9 Å². The van der Waals surface area contributed by atoms with Gasteiger partial charge in [0, 0.05) is 48.2 Å². The van der Waals surface area contributed by atoms with E-state index in [0.29, 0.717) is 17.4 Å². The molecular weight excluding hydrogens is 442 g/mol. The van der Waals surface area contributed by atoms with E-state index in [-0.39, 0.29) is 11.9 Å². The summed E-state index contributed by atoms with van der Waals surface area (Å²) in [5.74, 6) is 0.390. The van der Waals surface area contributed by atoms with Crippen LogP contribution in [0.1, 0.15) is 41.0 Å². The zero-order valence-electron chi connectivity index (χ0n) is 17.5. The van der Waals surface area contributed by atoms with Crippen molar-refractivity contribution in [2.24, 2.45) is 10.7 Å². The monoisotopic (exact) mass is 465 g/mol. The Balaban J connectivity index is 1.29. The molecule has 32 heavy (non-hydrogen) atoms.